The Labute approximate surface area is 136 Å². The minimum Gasteiger partial charge on any atom is -0.468 e. The van der Waals surface area contributed by atoms with Gasteiger partial charge in [0.25, 0.3) is 0 Å². The van der Waals surface area contributed by atoms with Gasteiger partial charge in [0.1, 0.15) is 5.76 Å². The van der Waals surface area contributed by atoms with E-state index in [1.165, 1.54) is 0 Å². The molecule has 2 aliphatic rings. The van der Waals surface area contributed by atoms with Crippen LogP contribution in [0, 0.1) is 5.41 Å². The van der Waals surface area contributed by atoms with Crippen LogP contribution < -0.4 is 4.90 Å². The van der Waals surface area contributed by atoms with E-state index in [-0.39, 0.29) is 5.41 Å². The normalized spacial score (nSPS) is 25.8. The highest BCUT2D eigenvalue weighted by atomic mass is 16.5. The van der Waals surface area contributed by atoms with Gasteiger partial charge in [-0.05, 0) is 24.6 Å². The Morgan fingerprint density at radius 2 is 2.04 bits per heavy atom. The van der Waals surface area contributed by atoms with Crippen molar-refractivity contribution in [3.63, 3.8) is 0 Å². The molecule has 2 aliphatic heterocycles. The van der Waals surface area contributed by atoms with Gasteiger partial charge in [0.05, 0.1) is 26.0 Å². The fourth-order valence-electron chi connectivity index (χ4n) is 3.65. The zero-order valence-corrected chi connectivity index (χ0v) is 13.2. The summed E-state index contributed by atoms with van der Waals surface area (Å²) in [6, 6.07) is 5.84. The van der Waals surface area contributed by atoms with E-state index < -0.39 is 0 Å². The molecule has 0 aromatic carbocycles. The Morgan fingerprint density at radius 1 is 1.13 bits per heavy atom. The molecule has 4 heterocycles. The number of rotatable bonds is 3. The molecule has 6 heteroatoms. The Balaban J connectivity index is 1.46. The topological polar surface area (TPSA) is 54.6 Å². The summed E-state index contributed by atoms with van der Waals surface area (Å²) in [5.74, 6) is 1.84. The summed E-state index contributed by atoms with van der Waals surface area (Å²) in [7, 11) is 0. The first-order chi connectivity index (χ1) is 11.3. The highest BCUT2D eigenvalue weighted by Crippen LogP contribution is 2.35. The van der Waals surface area contributed by atoms with Crippen molar-refractivity contribution in [2.45, 2.75) is 13.0 Å². The van der Waals surface area contributed by atoms with Gasteiger partial charge in [-0.2, -0.15) is 0 Å². The lowest BCUT2D eigenvalue weighted by molar-refractivity contribution is 0.0796. The van der Waals surface area contributed by atoms with E-state index in [4.69, 9.17) is 9.15 Å². The van der Waals surface area contributed by atoms with Crippen molar-refractivity contribution < 1.29 is 9.15 Å². The molecule has 1 spiro atoms. The largest absolute Gasteiger partial charge is 0.468 e. The monoisotopic (exact) mass is 314 g/mol. The van der Waals surface area contributed by atoms with E-state index in [0.29, 0.717) is 0 Å². The van der Waals surface area contributed by atoms with Crippen molar-refractivity contribution in [1.29, 1.82) is 0 Å². The van der Waals surface area contributed by atoms with Crippen molar-refractivity contribution in [3.8, 4) is 0 Å². The Bertz CT molecular complexity index is 619. The Kier molecular flexibility index (Phi) is 4.01. The fourth-order valence-corrected chi connectivity index (χ4v) is 3.65. The number of aromatic nitrogens is 2. The zero-order valence-electron chi connectivity index (χ0n) is 13.2. The van der Waals surface area contributed by atoms with Crippen LogP contribution in [0.3, 0.4) is 0 Å². The van der Waals surface area contributed by atoms with E-state index in [1.807, 2.05) is 18.2 Å². The fraction of sp³-hybridized carbons (Fsp3) is 0.529. The molecule has 2 saturated heterocycles. The maximum Gasteiger partial charge on any atom is 0.225 e. The van der Waals surface area contributed by atoms with Gasteiger partial charge < -0.3 is 14.1 Å². The number of furan rings is 1. The molecule has 1 atom stereocenters. The van der Waals surface area contributed by atoms with E-state index >= 15 is 0 Å². The lowest BCUT2D eigenvalue weighted by atomic mass is 9.87. The molecule has 0 N–H and O–H groups in total. The first-order valence-corrected chi connectivity index (χ1v) is 8.18. The van der Waals surface area contributed by atoms with Crippen LogP contribution in [0.5, 0.6) is 0 Å². The molecular formula is C17H22N4O2. The number of ether oxygens (including phenoxy) is 1. The summed E-state index contributed by atoms with van der Waals surface area (Å²) in [6.07, 6.45) is 6.46. The average molecular weight is 314 g/mol. The van der Waals surface area contributed by atoms with Gasteiger partial charge in [0.15, 0.2) is 0 Å². The van der Waals surface area contributed by atoms with Gasteiger partial charge in [-0.1, -0.05) is 0 Å². The number of nitrogens with zero attached hydrogens (tertiary/aromatic N) is 4. The van der Waals surface area contributed by atoms with Crippen LogP contribution in [0.25, 0.3) is 0 Å². The van der Waals surface area contributed by atoms with Crippen molar-refractivity contribution in [3.05, 3.63) is 42.6 Å². The summed E-state index contributed by atoms with van der Waals surface area (Å²) in [6.45, 7) is 6.35. The number of hydrogen-bond acceptors (Lipinski definition) is 6. The molecule has 0 saturated carbocycles. The average Bonchev–Trinajstić information content (AvgIpc) is 3.18. The van der Waals surface area contributed by atoms with Gasteiger partial charge in [0, 0.05) is 44.0 Å². The molecule has 23 heavy (non-hydrogen) atoms. The van der Waals surface area contributed by atoms with Crippen molar-refractivity contribution >= 4 is 5.95 Å². The van der Waals surface area contributed by atoms with E-state index in [2.05, 4.69) is 19.8 Å². The van der Waals surface area contributed by atoms with E-state index in [9.17, 15) is 0 Å². The number of anilines is 1. The molecule has 0 aliphatic carbocycles. The van der Waals surface area contributed by atoms with Crippen molar-refractivity contribution in [1.82, 2.24) is 14.9 Å². The van der Waals surface area contributed by atoms with Crippen LogP contribution in [0.15, 0.2) is 41.3 Å². The SMILES string of the molecule is c1cnc(N2CC[C@@]3(COCCN(Cc4ccco4)C3)C2)nc1. The van der Waals surface area contributed by atoms with Crippen molar-refractivity contribution in [2.24, 2.45) is 5.41 Å². The first-order valence-electron chi connectivity index (χ1n) is 8.18. The van der Waals surface area contributed by atoms with Gasteiger partial charge in [-0.15, -0.1) is 0 Å². The van der Waals surface area contributed by atoms with Crippen LogP contribution in [0.4, 0.5) is 5.95 Å². The number of hydrogen-bond donors (Lipinski definition) is 0. The quantitative estimate of drug-likeness (QED) is 0.861. The molecule has 2 aromatic heterocycles. The second-order valence-electron chi connectivity index (χ2n) is 6.56. The van der Waals surface area contributed by atoms with E-state index in [0.717, 1.165) is 64.1 Å². The third-order valence-electron chi connectivity index (χ3n) is 4.75. The molecule has 2 aromatic rings. The van der Waals surface area contributed by atoms with Gasteiger partial charge >= 0.3 is 0 Å². The summed E-state index contributed by atoms with van der Waals surface area (Å²) < 4.78 is 11.4. The van der Waals surface area contributed by atoms with Crippen LogP contribution in [0.2, 0.25) is 0 Å². The van der Waals surface area contributed by atoms with Crippen LogP contribution >= 0.6 is 0 Å². The highest BCUT2D eigenvalue weighted by Gasteiger charge is 2.42. The zero-order chi connectivity index (χ0) is 15.5. The smallest absolute Gasteiger partial charge is 0.225 e. The molecule has 122 valence electrons. The Morgan fingerprint density at radius 3 is 2.87 bits per heavy atom. The van der Waals surface area contributed by atoms with Gasteiger partial charge in [-0.3, -0.25) is 4.90 Å². The minimum absolute atomic E-state index is 0.155. The lowest BCUT2D eigenvalue weighted by Crippen LogP contribution is -2.40. The summed E-state index contributed by atoms with van der Waals surface area (Å²) in [4.78, 5) is 13.5. The summed E-state index contributed by atoms with van der Waals surface area (Å²) in [5, 5.41) is 0. The van der Waals surface area contributed by atoms with Crippen LogP contribution in [-0.4, -0.2) is 54.3 Å². The maximum atomic E-state index is 5.93. The second-order valence-corrected chi connectivity index (χ2v) is 6.56. The molecule has 0 unspecified atom stereocenters. The van der Waals surface area contributed by atoms with E-state index in [1.54, 1.807) is 18.7 Å². The molecule has 0 bridgehead atoms. The summed E-state index contributed by atoms with van der Waals surface area (Å²) in [5.41, 5.74) is 0.155. The van der Waals surface area contributed by atoms with Crippen molar-refractivity contribution in [2.75, 3.05) is 44.3 Å². The molecule has 2 fully saturated rings. The third kappa shape index (κ3) is 3.23. The van der Waals surface area contributed by atoms with Gasteiger partial charge in [-0.25, -0.2) is 9.97 Å². The highest BCUT2D eigenvalue weighted by molar-refractivity contribution is 5.32. The summed E-state index contributed by atoms with van der Waals surface area (Å²) >= 11 is 0. The molecule has 0 radical (unpaired) electrons. The predicted molar refractivity (Wildman–Crippen MR) is 86.1 cm³/mol. The minimum atomic E-state index is 0.155. The molecular weight excluding hydrogens is 292 g/mol. The predicted octanol–water partition coefficient (Wildman–Crippen LogP) is 1.80. The third-order valence-corrected chi connectivity index (χ3v) is 4.75. The maximum absolute atomic E-state index is 5.93. The van der Waals surface area contributed by atoms with Gasteiger partial charge in [0.2, 0.25) is 5.95 Å². The standard InChI is InChI=1S/C17H22N4O2/c1-3-15(23-9-1)11-20-8-10-22-14-17(12-20)4-7-21(13-17)16-18-5-2-6-19-16/h1-3,5-6,9H,4,7-8,10-14H2/t17-/m0/s1. The Hall–Kier alpha value is -1.92. The molecule has 0 amide bonds. The first kappa shape index (κ1) is 14.7. The van der Waals surface area contributed by atoms with Crippen LogP contribution in [0.1, 0.15) is 12.2 Å². The lowest BCUT2D eigenvalue weighted by Gasteiger charge is -2.31. The molecule has 4 rings (SSSR count). The molecule has 6 nitrogen and oxygen atoms in total. The second kappa shape index (κ2) is 6.29. The van der Waals surface area contributed by atoms with Crippen LogP contribution in [-0.2, 0) is 11.3 Å².